The van der Waals surface area contributed by atoms with Gasteiger partial charge in [-0.15, -0.1) is 11.3 Å². The second-order valence-corrected chi connectivity index (χ2v) is 10.9. The van der Waals surface area contributed by atoms with E-state index in [2.05, 4.69) is 10.3 Å². The van der Waals surface area contributed by atoms with E-state index in [4.69, 9.17) is 4.74 Å². The fraction of sp³-hybridized carbons (Fsp3) is 0.429. The number of rotatable bonds is 6. The zero-order chi connectivity index (χ0) is 22.9. The molecule has 0 aliphatic carbocycles. The summed E-state index contributed by atoms with van der Waals surface area (Å²) in [6.07, 6.45) is 4.28. The molecule has 1 aromatic heterocycles. The average Bonchev–Trinajstić information content (AvgIpc) is 3.25. The average molecular weight is 478 g/mol. The van der Waals surface area contributed by atoms with Gasteiger partial charge in [0.2, 0.25) is 11.8 Å². The lowest BCUT2D eigenvalue weighted by Gasteiger charge is -2.35. The molecule has 32 heavy (non-hydrogen) atoms. The van der Waals surface area contributed by atoms with Gasteiger partial charge in [-0.25, -0.2) is 13.4 Å². The Balaban J connectivity index is 1.65. The van der Waals surface area contributed by atoms with Crippen LogP contribution in [0.3, 0.4) is 0 Å². The molecule has 1 unspecified atom stereocenters. The Kier molecular flexibility index (Phi) is 6.40. The first-order chi connectivity index (χ1) is 15.2. The number of fused-ring (bicyclic) bond motifs is 1. The monoisotopic (exact) mass is 477 g/mol. The number of imide groups is 1. The topological polar surface area (TPSA) is 123 Å². The summed E-state index contributed by atoms with van der Waals surface area (Å²) in [6, 6.07) is 3.13. The maximum Gasteiger partial charge on any atom is 0.261 e. The normalized spacial score (nSPS) is 18.3. The molecule has 4 rings (SSSR count). The van der Waals surface area contributed by atoms with Gasteiger partial charge in [0.25, 0.3) is 5.91 Å². The van der Waals surface area contributed by atoms with Crippen LogP contribution in [0, 0.1) is 5.92 Å². The van der Waals surface area contributed by atoms with E-state index in [0.717, 1.165) is 24.0 Å². The number of anilines is 1. The highest BCUT2D eigenvalue weighted by Crippen LogP contribution is 2.29. The second kappa shape index (κ2) is 9.08. The molecule has 2 aromatic rings. The summed E-state index contributed by atoms with van der Waals surface area (Å²) >= 11 is 1.25. The van der Waals surface area contributed by atoms with Gasteiger partial charge in [0.15, 0.2) is 15.0 Å². The van der Waals surface area contributed by atoms with Crippen molar-refractivity contribution < 1.29 is 27.5 Å². The Labute approximate surface area is 189 Å². The first-order valence-electron chi connectivity index (χ1n) is 10.2. The Hall–Kier alpha value is -2.63. The number of carbonyl (C=O) groups excluding carboxylic acids is 3. The molecule has 2 aliphatic rings. The van der Waals surface area contributed by atoms with Crippen LogP contribution in [0.4, 0.5) is 5.13 Å². The highest BCUT2D eigenvalue weighted by Gasteiger charge is 2.41. The van der Waals surface area contributed by atoms with Crippen molar-refractivity contribution in [2.75, 3.05) is 24.8 Å². The van der Waals surface area contributed by atoms with E-state index in [1.165, 1.54) is 29.5 Å². The van der Waals surface area contributed by atoms with Gasteiger partial charge in [-0.2, -0.15) is 0 Å². The SMILES string of the molecule is CS(=O)(=O)c1ccc2c(c1)CC(=O)N(C(CC1CCOCC1)C(=O)Nc1nccs1)C2=O. The third-order valence-electron chi connectivity index (χ3n) is 5.74. The number of nitrogens with zero attached hydrogens (tertiary/aromatic N) is 2. The van der Waals surface area contributed by atoms with Crippen molar-refractivity contribution in [1.82, 2.24) is 9.88 Å². The molecule has 170 valence electrons. The number of thiazole rings is 1. The lowest BCUT2D eigenvalue weighted by molar-refractivity contribution is -0.136. The highest BCUT2D eigenvalue weighted by molar-refractivity contribution is 7.90. The van der Waals surface area contributed by atoms with Crippen molar-refractivity contribution in [3.05, 3.63) is 40.9 Å². The van der Waals surface area contributed by atoms with E-state index in [1.807, 2.05) is 0 Å². The molecule has 0 radical (unpaired) electrons. The molecule has 1 N–H and O–H groups in total. The van der Waals surface area contributed by atoms with Crippen molar-refractivity contribution >= 4 is 44.0 Å². The minimum atomic E-state index is -3.48. The summed E-state index contributed by atoms with van der Waals surface area (Å²) in [6.45, 7) is 1.15. The van der Waals surface area contributed by atoms with Crippen molar-refractivity contribution in [2.45, 2.75) is 36.6 Å². The van der Waals surface area contributed by atoms with E-state index in [9.17, 15) is 22.8 Å². The van der Waals surface area contributed by atoms with Gasteiger partial charge in [0.1, 0.15) is 6.04 Å². The lowest BCUT2D eigenvalue weighted by atomic mass is 9.89. The molecule has 9 nitrogen and oxygen atoms in total. The van der Waals surface area contributed by atoms with E-state index < -0.39 is 33.6 Å². The molecule has 3 amide bonds. The standard InChI is InChI=1S/C21H23N3O6S2/c1-32(28,29)15-2-3-16-14(11-15)12-18(25)24(20(16)27)17(10-13-4-7-30-8-5-13)19(26)23-21-22-6-9-31-21/h2-3,6,9,11,13,17H,4-5,7-8,10,12H2,1H3,(H,22,23,26). The number of amides is 3. The van der Waals surface area contributed by atoms with Crippen LogP contribution in [0.1, 0.15) is 35.2 Å². The maximum absolute atomic E-state index is 13.3. The van der Waals surface area contributed by atoms with Crippen molar-refractivity contribution in [3.8, 4) is 0 Å². The molecule has 0 spiro atoms. The van der Waals surface area contributed by atoms with Crippen molar-refractivity contribution in [1.29, 1.82) is 0 Å². The zero-order valence-electron chi connectivity index (χ0n) is 17.4. The number of nitrogens with one attached hydrogen (secondary N) is 1. The van der Waals surface area contributed by atoms with Crippen LogP contribution in [0.15, 0.2) is 34.7 Å². The lowest BCUT2D eigenvalue weighted by Crippen LogP contribution is -2.54. The molecule has 1 aromatic carbocycles. The summed E-state index contributed by atoms with van der Waals surface area (Å²) < 4.78 is 29.1. The van der Waals surface area contributed by atoms with Crippen LogP contribution in [-0.2, 0) is 30.6 Å². The Morgan fingerprint density at radius 1 is 1.31 bits per heavy atom. The molecule has 1 atom stereocenters. The second-order valence-electron chi connectivity index (χ2n) is 7.97. The Morgan fingerprint density at radius 3 is 2.72 bits per heavy atom. The number of hydrogen-bond acceptors (Lipinski definition) is 8. The van der Waals surface area contributed by atoms with Crippen LogP contribution in [0.25, 0.3) is 0 Å². The van der Waals surface area contributed by atoms with E-state index in [-0.39, 0.29) is 22.8 Å². The van der Waals surface area contributed by atoms with Crippen LogP contribution in [0.2, 0.25) is 0 Å². The predicted octanol–water partition coefficient (Wildman–Crippen LogP) is 1.90. The number of carbonyl (C=O) groups is 3. The number of hydrogen-bond donors (Lipinski definition) is 1. The maximum atomic E-state index is 13.3. The summed E-state index contributed by atoms with van der Waals surface area (Å²) in [5.74, 6) is -1.46. The zero-order valence-corrected chi connectivity index (χ0v) is 19.1. The molecule has 2 aliphatic heterocycles. The highest BCUT2D eigenvalue weighted by atomic mass is 32.2. The molecule has 3 heterocycles. The Bertz CT molecular complexity index is 1140. The summed E-state index contributed by atoms with van der Waals surface area (Å²) in [5.41, 5.74) is 0.584. The van der Waals surface area contributed by atoms with Gasteiger partial charge in [-0.05, 0) is 48.9 Å². The fourth-order valence-electron chi connectivity index (χ4n) is 4.06. The number of ether oxygens (including phenoxy) is 1. The third kappa shape index (κ3) is 4.74. The van der Waals surface area contributed by atoms with E-state index in [1.54, 1.807) is 11.6 Å². The first-order valence-corrected chi connectivity index (χ1v) is 13.0. The van der Waals surface area contributed by atoms with Crippen LogP contribution >= 0.6 is 11.3 Å². The smallest absolute Gasteiger partial charge is 0.261 e. The fourth-order valence-corrected chi connectivity index (χ4v) is 5.27. The van der Waals surface area contributed by atoms with Gasteiger partial charge in [-0.1, -0.05) is 0 Å². The third-order valence-corrected chi connectivity index (χ3v) is 7.54. The summed E-state index contributed by atoms with van der Waals surface area (Å²) in [4.78, 5) is 44.7. The van der Waals surface area contributed by atoms with Gasteiger partial charge >= 0.3 is 0 Å². The number of benzene rings is 1. The molecular weight excluding hydrogens is 454 g/mol. The van der Waals surface area contributed by atoms with Crippen molar-refractivity contribution in [3.63, 3.8) is 0 Å². The number of aromatic nitrogens is 1. The van der Waals surface area contributed by atoms with E-state index >= 15 is 0 Å². The minimum absolute atomic E-state index is 0.0468. The van der Waals surface area contributed by atoms with Crippen LogP contribution in [0.5, 0.6) is 0 Å². The molecule has 0 saturated carbocycles. The molecular formula is C21H23N3O6S2. The van der Waals surface area contributed by atoms with Crippen molar-refractivity contribution in [2.24, 2.45) is 5.92 Å². The van der Waals surface area contributed by atoms with Gasteiger partial charge < -0.3 is 10.1 Å². The van der Waals surface area contributed by atoms with Crippen LogP contribution < -0.4 is 5.32 Å². The van der Waals surface area contributed by atoms with Gasteiger partial charge in [0, 0.05) is 36.6 Å². The molecule has 11 heteroatoms. The first kappa shape index (κ1) is 22.6. The number of sulfone groups is 1. The molecule has 1 fully saturated rings. The summed E-state index contributed by atoms with van der Waals surface area (Å²) in [5, 5.41) is 4.82. The Morgan fingerprint density at radius 2 is 2.06 bits per heavy atom. The predicted molar refractivity (Wildman–Crippen MR) is 117 cm³/mol. The molecule has 1 saturated heterocycles. The minimum Gasteiger partial charge on any atom is -0.381 e. The quantitative estimate of drug-likeness (QED) is 0.630. The van der Waals surface area contributed by atoms with E-state index in [0.29, 0.717) is 30.3 Å². The van der Waals surface area contributed by atoms with Crippen LogP contribution in [-0.4, -0.2) is 61.5 Å². The largest absolute Gasteiger partial charge is 0.381 e. The molecule has 0 bridgehead atoms. The van der Waals surface area contributed by atoms with Gasteiger partial charge in [-0.3, -0.25) is 19.3 Å². The van der Waals surface area contributed by atoms with Gasteiger partial charge in [0.05, 0.1) is 11.3 Å². The summed E-state index contributed by atoms with van der Waals surface area (Å²) in [7, 11) is -3.48.